The third kappa shape index (κ3) is 3.26. The first kappa shape index (κ1) is 13.0. The Balaban J connectivity index is 2.33. The van der Waals surface area contributed by atoms with Crippen LogP contribution in [0.15, 0.2) is 24.3 Å². The lowest BCUT2D eigenvalue weighted by atomic mass is 10.0. The summed E-state index contributed by atoms with van der Waals surface area (Å²) in [6.07, 6.45) is 1.76. The van der Waals surface area contributed by atoms with Gasteiger partial charge in [-0.15, -0.1) is 0 Å². The Morgan fingerprint density at radius 2 is 1.78 bits per heavy atom. The lowest BCUT2D eigenvalue weighted by Crippen LogP contribution is -2.00. The molecule has 0 fully saturated rings. The standard InChI is InChI=1S/C15H18N2S/c1-4-13-9-15(18)17-14(16-13)8-12-6-10(2)5-11(3)7-12/h5-7,9H,4,8H2,1-3H3,(H,16,17,18). The number of rotatable bonds is 3. The van der Waals surface area contributed by atoms with Crippen molar-refractivity contribution in [2.45, 2.75) is 33.6 Å². The van der Waals surface area contributed by atoms with Crippen molar-refractivity contribution in [2.24, 2.45) is 0 Å². The normalized spacial score (nSPS) is 10.6. The molecule has 0 aliphatic carbocycles. The molecule has 0 amide bonds. The van der Waals surface area contributed by atoms with E-state index in [1.807, 2.05) is 6.07 Å². The van der Waals surface area contributed by atoms with Crippen molar-refractivity contribution in [1.29, 1.82) is 0 Å². The molecule has 0 aliphatic heterocycles. The maximum Gasteiger partial charge on any atom is 0.130 e. The molecule has 1 N–H and O–H groups in total. The van der Waals surface area contributed by atoms with Crippen molar-refractivity contribution in [3.8, 4) is 0 Å². The molecular formula is C15H18N2S. The Bertz CT molecular complexity index is 594. The molecule has 0 aliphatic rings. The van der Waals surface area contributed by atoms with Gasteiger partial charge in [0.15, 0.2) is 0 Å². The van der Waals surface area contributed by atoms with Crippen molar-refractivity contribution in [1.82, 2.24) is 9.97 Å². The maximum atomic E-state index is 5.19. The van der Waals surface area contributed by atoms with E-state index in [0.717, 1.165) is 24.4 Å². The lowest BCUT2D eigenvalue weighted by Gasteiger charge is -2.06. The highest BCUT2D eigenvalue weighted by molar-refractivity contribution is 7.71. The molecule has 0 spiro atoms. The summed E-state index contributed by atoms with van der Waals surface area (Å²) in [4.78, 5) is 7.74. The van der Waals surface area contributed by atoms with Crippen molar-refractivity contribution in [3.63, 3.8) is 0 Å². The molecule has 18 heavy (non-hydrogen) atoms. The monoisotopic (exact) mass is 258 g/mol. The van der Waals surface area contributed by atoms with Gasteiger partial charge in [0.2, 0.25) is 0 Å². The van der Waals surface area contributed by atoms with Crippen molar-refractivity contribution < 1.29 is 0 Å². The Hall–Kier alpha value is -1.48. The fourth-order valence-corrected chi connectivity index (χ4v) is 2.45. The summed E-state index contributed by atoms with van der Waals surface area (Å²) >= 11 is 5.19. The summed E-state index contributed by atoms with van der Waals surface area (Å²) in [5.74, 6) is 0.948. The fraction of sp³-hybridized carbons (Fsp3) is 0.333. The summed E-state index contributed by atoms with van der Waals surface area (Å²) in [5, 5.41) is 0. The minimum absolute atomic E-state index is 0.671. The van der Waals surface area contributed by atoms with E-state index in [9.17, 15) is 0 Å². The average Bonchev–Trinajstić information content (AvgIpc) is 2.26. The zero-order chi connectivity index (χ0) is 13.1. The Kier molecular flexibility index (Phi) is 3.92. The van der Waals surface area contributed by atoms with Crippen molar-refractivity contribution >= 4 is 12.2 Å². The van der Waals surface area contributed by atoms with E-state index in [2.05, 4.69) is 48.9 Å². The number of nitrogens with one attached hydrogen (secondary N) is 1. The number of hydrogen-bond acceptors (Lipinski definition) is 2. The van der Waals surface area contributed by atoms with E-state index in [4.69, 9.17) is 12.2 Å². The zero-order valence-electron chi connectivity index (χ0n) is 11.1. The summed E-state index contributed by atoms with van der Waals surface area (Å²) < 4.78 is 0.671. The summed E-state index contributed by atoms with van der Waals surface area (Å²) in [6, 6.07) is 8.51. The van der Waals surface area contributed by atoms with Crippen LogP contribution in [-0.4, -0.2) is 9.97 Å². The van der Waals surface area contributed by atoms with Crippen LogP contribution in [0.2, 0.25) is 0 Å². The van der Waals surface area contributed by atoms with E-state index < -0.39 is 0 Å². The van der Waals surface area contributed by atoms with Crippen LogP contribution >= 0.6 is 12.2 Å². The molecule has 2 rings (SSSR count). The van der Waals surface area contributed by atoms with E-state index in [-0.39, 0.29) is 0 Å². The molecule has 0 atom stereocenters. The van der Waals surface area contributed by atoms with Gasteiger partial charge < -0.3 is 4.98 Å². The van der Waals surface area contributed by atoms with Crippen LogP contribution in [0.3, 0.4) is 0 Å². The quantitative estimate of drug-likeness (QED) is 0.846. The smallest absolute Gasteiger partial charge is 0.130 e. The van der Waals surface area contributed by atoms with Crippen molar-refractivity contribution in [2.75, 3.05) is 0 Å². The van der Waals surface area contributed by atoms with Gasteiger partial charge in [-0.05, 0) is 31.9 Å². The van der Waals surface area contributed by atoms with Gasteiger partial charge >= 0.3 is 0 Å². The first-order valence-corrected chi connectivity index (χ1v) is 6.64. The molecule has 2 nitrogen and oxygen atoms in total. The summed E-state index contributed by atoms with van der Waals surface area (Å²) in [5.41, 5.74) is 5.00. The van der Waals surface area contributed by atoms with Crippen LogP contribution in [0.1, 0.15) is 35.1 Å². The highest BCUT2D eigenvalue weighted by Gasteiger charge is 2.02. The topological polar surface area (TPSA) is 28.7 Å². The second-order valence-corrected chi connectivity index (χ2v) is 5.14. The summed E-state index contributed by atoms with van der Waals surface area (Å²) in [7, 11) is 0. The molecule has 1 aromatic carbocycles. The number of aromatic amines is 1. The molecule has 0 bridgehead atoms. The molecule has 0 saturated heterocycles. The van der Waals surface area contributed by atoms with Gasteiger partial charge in [0.05, 0.1) is 0 Å². The number of aromatic nitrogens is 2. The third-order valence-electron chi connectivity index (χ3n) is 2.88. The first-order valence-electron chi connectivity index (χ1n) is 6.23. The molecule has 0 unspecified atom stereocenters. The number of nitrogens with zero attached hydrogens (tertiary/aromatic N) is 1. The van der Waals surface area contributed by atoms with Gasteiger partial charge in [-0.2, -0.15) is 0 Å². The highest BCUT2D eigenvalue weighted by Crippen LogP contribution is 2.12. The van der Waals surface area contributed by atoms with Gasteiger partial charge in [0.25, 0.3) is 0 Å². The molecule has 2 aromatic rings. The van der Waals surface area contributed by atoms with Crippen LogP contribution < -0.4 is 0 Å². The minimum atomic E-state index is 0.671. The molecule has 1 heterocycles. The van der Waals surface area contributed by atoms with Crippen LogP contribution in [0, 0.1) is 18.5 Å². The second kappa shape index (κ2) is 5.44. The largest absolute Gasteiger partial charge is 0.347 e. The number of benzene rings is 1. The Labute approximate surface area is 113 Å². The predicted octanol–water partition coefficient (Wildman–Crippen LogP) is 3.91. The predicted molar refractivity (Wildman–Crippen MR) is 77.5 cm³/mol. The number of H-pyrrole nitrogens is 1. The van der Waals surface area contributed by atoms with Gasteiger partial charge in [-0.25, -0.2) is 4.98 Å². The lowest BCUT2D eigenvalue weighted by molar-refractivity contribution is 0.898. The van der Waals surface area contributed by atoms with Crippen LogP contribution in [-0.2, 0) is 12.8 Å². The fourth-order valence-electron chi connectivity index (χ4n) is 2.20. The van der Waals surface area contributed by atoms with E-state index in [1.54, 1.807) is 0 Å². The van der Waals surface area contributed by atoms with Crippen LogP contribution in [0.5, 0.6) is 0 Å². The highest BCUT2D eigenvalue weighted by atomic mass is 32.1. The third-order valence-corrected chi connectivity index (χ3v) is 3.09. The summed E-state index contributed by atoms with van der Waals surface area (Å²) in [6.45, 7) is 6.35. The minimum Gasteiger partial charge on any atom is -0.347 e. The van der Waals surface area contributed by atoms with E-state index in [1.165, 1.54) is 16.7 Å². The Morgan fingerprint density at radius 1 is 1.11 bits per heavy atom. The molecule has 0 saturated carbocycles. The molecule has 1 aromatic heterocycles. The SMILES string of the molecule is CCc1cc(=S)nc(Cc2cc(C)cc(C)c2)[nH]1. The van der Waals surface area contributed by atoms with Crippen LogP contribution in [0.4, 0.5) is 0 Å². The van der Waals surface area contributed by atoms with Crippen LogP contribution in [0.25, 0.3) is 0 Å². The van der Waals surface area contributed by atoms with Crippen molar-refractivity contribution in [3.05, 3.63) is 57.1 Å². The van der Waals surface area contributed by atoms with Gasteiger partial charge in [0, 0.05) is 12.1 Å². The molecule has 0 radical (unpaired) electrons. The molecule has 3 heteroatoms. The van der Waals surface area contributed by atoms with Gasteiger partial charge in [-0.3, -0.25) is 0 Å². The van der Waals surface area contributed by atoms with Gasteiger partial charge in [0.1, 0.15) is 10.5 Å². The number of hydrogen-bond donors (Lipinski definition) is 1. The van der Waals surface area contributed by atoms with Gasteiger partial charge in [-0.1, -0.05) is 48.5 Å². The first-order chi connectivity index (χ1) is 8.56. The Morgan fingerprint density at radius 3 is 2.39 bits per heavy atom. The average molecular weight is 258 g/mol. The van der Waals surface area contributed by atoms with E-state index >= 15 is 0 Å². The molecule has 94 valence electrons. The maximum absolute atomic E-state index is 5.19. The number of aryl methyl sites for hydroxylation is 3. The van der Waals surface area contributed by atoms with E-state index in [0.29, 0.717) is 4.64 Å². The zero-order valence-corrected chi connectivity index (χ0v) is 11.9. The molecular weight excluding hydrogens is 240 g/mol. The second-order valence-electron chi connectivity index (χ2n) is 4.72.